The van der Waals surface area contributed by atoms with Gasteiger partial charge in [-0.2, -0.15) is 0 Å². The lowest BCUT2D eigenvalue weighted by molar-refractivity contribution is -0.118. The molecule has 2 heterocycles. The van der Waals surface area contributed by atoms with Gasteiger partial charge in [0.2, 0.25) is 5.91 Å². The Bertz CT molecular complexity index is 715. The standard InChI is InChI=1S/C16H16FN3O/c1-20-15(21)3-2-11-5-12(6-14(17)16(11)20)13-4-10(7-18)8-19-9-13/h4-6,8-9H,2-3,7,18H2,1H3. The van der Waals surface area contributed by atoms with Gasteiger partial charge in [0, 0.05) is 38.0 Å². The lowest BCUT2D eigenvalue weighted by atomic mass is 9.96. The van der Waals surface area contributed by atoms with E-state index in [-0.39, 0.29) is 11.7 Å². The third kappa shape index (κ3) is 2.40. The summed E-state index contributed by atoms with van der Waals surface area (Å²) < 4.78 is 14.4. The zero-order valence-electron chi connectivity index (χ0n) is 11.8. The molecule has 3 rings (SSSR count). The quantitative estimate of drug-likeness (QED) is 0.920. The van der Waals surface area contributed by atoms with Gasteiger partial charge in [-0.3, -0.25) is 9.78 Å². The molecule has 108 valence electrons. The largest absolute Gasteiger partial charge is 0.326 e. The first-order valence-corrected chi connectivity index (χ1v) is 6.83. The number of rotatable bonds is 2. The fourth-order valence-electron chi connectivity index (χ4n) is 2.68. The number of aryl methyl sites for hydroxylation is 1. The van der Waals surface area contributed by atoms with Crippen molar-refractivity contribution in [3.63, 3.8) is 0 Å². The van der Waals surface area contributed by atoms with Crippen LogP contribution in [0.3, 0.4) is 0 Å². The van der Waals surface area contributed by atoms with Crippen molar-refractivity contribution in [3.05, 3.63) is 47.5 Å². The van der Waals surface area contributed by atoms with Crippen LogP contribution >= 0.6 is 0 Å². The Labute approximate surface area is 122 Å². The van der Waals surface area contributed by atoms with Crippen molar-refractivity contribution in [2.24, 2.45) is 5.73 Å². The number of pyridine rings is 1. The topological polar surface area (TPSA) is 59.2 Å². The minimum Gasteiger partial charge on any atom is -0.326 e. The zero-order valence-corrected chi connectivity index (χ0v) is 11.8. The Balaban J connectivity index is 2.10. The Morgan fingerprint density at radius 3 is 2.81 bits per heavy atom. The first-order chi connectivity index (χ1) is 10.1. The summed E-state index contributed by atoms with van der Waals surface area (Å²) in [4.78, 5) is 17.2. The van der Waals surface area contributed by atoms with E-state index in [4.69, 9.17) is 5.73 Å². The molecule has 1 aromatic carbocycles. The summed E-state index contributed by atoms with van der Waals surface area (Å²) in [5.74, 6) is -0.433. The van der Waals surface area contributed by atoms with E-state index in [9.17, 15) is 9.18 Å². The van der Waals surface area contributed by atoms with E-state index in [0.717, 1.165) is 22.3 Å². The van der Waals surface area contributed by atoms with Gasteiger partial charge in [-0.1, -0.05) is 0 Å². The Morgan fingerprint density at radius 1 is 1.24 bits per heavy atom. The molecular formula is C16H16FN3O. The number of carbonyl (C=O) groups excluding carboxylic acids is 1. The molecule has 1 aromatic heterocycles. The molecule has 0 fully saturated rings. The van der Waals surface area contributed by atoms with E-state index in [1.165, 1.54) is 11.0 Å². The fraction of sp³-hybridized carbons (Fsp3) is 0.250. The van der Waals surface area contributed by atoms with Crippen LogP contribution in [0.25, 0.3) is 11.1 Å². The van der Waals surface area contributed by atoms with Crippen molar-refractivity contribution in [1.82, 2.24) is 4.98 Å². The van der Waals surface area contributed by atoms with Gasteiger partial charge in [0.05, 0.1) is 5.69 Å². The maximum atomic E-state index is 14.4. The van der Waals surface area contributed by atoms with Crippen molar-refractivity contribution >= 4 is 11.6 Å². The van der Waals surface area contributed by atoms with Crippen LogP contribution in [-0.2, 0) is 17.8 Å². The van der Waals surface area contributed by atoms with Gasteiger partial charge in [-0.25, -0.2) is 4.39 Å². The molecular weight excluding hydrogens is 269 g/mol. The van der Waals surface area contributed by atoms with Crippen LogP contribution in [0.15, 0.2) is 30.6 Å². The second-order valence-electron chi connectivity index (χ2n) is 5.20. The monoisotopic (exact) mass is 285 g/mol. The van der Waals surface area contributed by atoms with Gasteiger partial charge >= 0.3 is 0 Å². The van der Waals surface area contributed by atoms with Crippen LogP contribution in [0.5, 0.6) is 0 Å². The first kappa shape index (κ1) is 13.7. The molecule has 1 amide bonds. The molecule has 0 spiro atoms. The van der Waals surface area contributed by atoms with Crippen LogP contribution in [0.2, 0.25) is 0 Å². The van der Waals surface area contributed by atoms with Crippen molar-refractivity contribution in [1.29, 1.82) is 0 Å². The van der Waals surface area contributed by atoms with E-state index >= 15 is 0 Å². The average molecular weight is 285 g/mol. The molecule has 1 aliphatic rings. The van der Waals surface area contributed by atoms with Gasteiger partial charge in [0.1, 0.15) is 5.82 Å². The second kappa shape index (κ2) is 5.26. The molecule has 0 bridgehead atoms. The van der Waals surface area contributed by atoms with E-state index < -0.39 is 0 Å². The maximum Gasteiger partial charge on any atom is 0.227 e. The zero-order chi connectivity index (χ0) is 15.0. The lowest BCUT2D eigenvalue weighted by Gasteiger charge is -2.26. The predicted octanol–water partition coefficient (Wildman–Crippen LogP) is 2.26. The van der Waals surface area contributed by atoms with Crippen LogP contribution < -0.4 is 10.6 Å². The molecule has 0 saturated carbocycles. The van der Waals surface area contributed by atoms with Crippen LogP contribution in [0.1, 0.15) is 17.5 Å². The molecule has 1 aliphatic heterocycles. The highest BCUT2D eigenvalue weighted by Crippen LogP contribution is 2.34. The summed E-state index contributed by atoms with van der Waals surface area (Å²) >= 11 is 0. The summed E-state index contributed by atoms with van der Waals surface area (Å²) in [5, 5.41) is 0. The number of amides is 1. The number of halogens is 1. The third-order valence-corrected chi connectivity index (χ3v) is 3.82. The number of anilines is 1. The highest BCUT2D eigenvalue weighted by Gasteiger charge is 2.25. The number of hydrogen-bond acceptors (Lipinski definition) is 3. The van der Waals surface area contributed by atoms with Crippen LogP contribution in [-0.4, -0.2) is 17.9 Å². The highest BCUT2D eigenvalue weighted by atomic mass is 19.1. The van der Waals surface area contributed by atoms with Gasteiger partial charge in [0.15, 0.2) is 0 Å². The molecule has 0 atom stereocenters. The van der Waals surface area contributed by atoms with Gasteiger partial charge in [-0.05, 0) is 41.3 Å². The number of carbonyl (C=O) groups is 1. The van der Waals surface area contributed by atoms with E-state index in [1.54, 1.807) is 19.4 Å². The molecule has 0 unspecified atom stereocenters. The Kier molecular flexibility index (Phi) is 3.43. The van der Waals surface area contributed by atoms with Crippen LogP contribution in [0, 0.1) is 5.82 Å². The summed E-state index contributed by atoms with van der Waals surface area (Å²) in [7, 11) is 1.61. The maximum absolute atomic E-state index is 14.4. The third-order valence-electron chi connectivity index (χ3n) is 3.82. The summed E-state index contributed by atoms with van der Waals surface area (Å²) in [6.07, 6.45) is 4.36. The number of nitrogens with zero attached hydrogens (tertiary/aromatic N) is 2. The van der Waals surface area contributed by atoms with Gasteiger partial charge < -0.3 is 10.6 Å². The average Bonchev–Trinajstić information content (AvgIpc) is 2.50. The van der Waals surface area contributed by atoms with Crippen molar-refractivity contribution in [3.8, 4) is 11.1 Å². The summed E-state index contributed by atoms with van der Waals surface area (Å²) in [6.45, 7) is 0.394. The minimum atomic E-state index is -0.379. The Hall–Kier alpha value is -2.27. The molecule has 2 aromatic rings. The number of nitrogens with two attached hydrogens (primary N) is 1. The van der Waals surface area contributed by atoms with E-state index in [0.29, 0.717) is 25.1 Å². The fourth-order valence-corrected chi connectivity index (χ4v) is 2.68. The molecule has 0 aliphatic carbocycles. The van der Waals surface area contributed by atoms with Gasteiger partial charge in [0.25, 0.3) is 0 Å². The lowest BCUT2D eigenvalue weighted by Crippen LogP contribution is -2.32. The van der Waals surface area contributed by atoms with Crippen molar-refractivity contribution < 1.29 is 9.18 Å². The highest BCUT2D eigenvalue weighted by molar-refractivity contribution is 5.96. The second-order valence-corrected chi connectivity index (χ2v) is 5.20. The molecule has 0 saturated heterocycles. The van der Waals surface area contributed by atoms with E-state index in [2.05, 4.69) is 4.98 Å². The SMILES string of the molecule is CN1C(=O)CCc2cc(-c3cncc(CN)c3)cc(F)c21. The predicted molar refractivity (Wildman–Crippen MR) is 79.3 cm³/mol. The normalized spacial score (nSPS) is 14.2. The molecule has 21 heavy (non-hydrogen) atoms. The molecule has 4 nitrogen and oxygen atoms in total. The number of fused-ring (bicyclic) bond motifs is 1. The van der Waals surface area contributed by atoms with E-state index in [1.807, 2.05) is 12.1 Å². The number of benzene rings is 1. The number of hydrogen-bond donors (Lipinski definition) is 1. The minimum absolute atomic E-state index is 0.0547. The summed E-state index contributed by atoms with van der Waals surface area (Å²) in [5.41, 5.74) is 9.35. The van der Waals surface area contributed by atoms with Crippen molar-refractivity contribution in [2.75, 3.05) is 11.9 Å². The van der Waals surface area contributed by atoms with Crippen LogP contribution in [0.4, 0.5) is 10.1 Å². The van der Waals surface area contributed by atoms with Gasteiger partial charge in [-0.15, -0.1) is 0 Å². The Morgan fingerprint density at radius 2 is 2.05 bits per heavy atom. The summed E-state index contributed by atoms with van der Waals surface area (Å²) in [6, 6.07) is 5.29. The molecule has 0 radical (unpaired) electrons. The molecule has 5 heteroatoms. The smallest absolute Gasteiger partial charge is 0.227 e. The molecule has 2 N–H and O–H groups in total. The first-order valence-electron chi connectivity index (χ1n) is 6.83. The number of aromatic nitrogens is 1. The van der Waals surface area contributed by atoms with Crippen molar-refractivity contribution in [2.45, 2.75) is 19.4 Å².